The summed E-state index contributed by atoms with van der Waals surface area (Å²) in [6.45, 7) is 1.92. The number of ketones is 1. The summed E-state index contributed by atoms with van der Waals surface area (Å²) in [4.78, 5) is 15.8. The molecule has 1 N–H and O–H groups in total. The van der Waals surface area contributed by atoms with Crippen LogP contribution in [0.15, 0.2) is 54.7 Å². The van der Waals surface area contributed by atoms with Crippen LogP contribution >= 0.6 is 0 Å². The molecule has 0 saturated carbocycles. The lowest BCUT2D eigenvalue weighted by Gasteiger charge is -2.10. The number of nitriles is 1. The summed E-state index contributed by atoms with van der Waals surface area (Å²) in [5.74, 6) is -0.113. The van der Waals surface area contributed by atoms with E-state index >= 15 is 0 Å². The topological polar surface area (TPSA) is 56.6 Å². The maximum atomic E-state index is 12.7. The van der Waals surface area contributed by atoms with Crippen LogP contribution in [-0.2, 0) is 0 Å². The molecule has 21 heavy (non-hydrogen) atoms. The number of carbonyl (C=O) groups is 1. The maximum absolute atomic E-state index is 12.7. The van der Waals surface area contributed by atoms with E-state index in [4.69, 9.17) is 5.26 Å². The van der Waals surface area contributed by atoms with Gasteiger partial charge in [-0.15, -0.1) is 0 Å². The Morgan fingerprint density at radius 2 is 1.95 bits per heavy atom. The van der Waals surface area contributed by atoms with Crippen molar-refractivity contribution in [1.29, 1.82) is 5.26 Å². The smallest absolute Gasteiger partial charge is 0.172 e. The van der Waals surface area contributed by atoms with Crippen molar-refractivity contribution >= 4 is 16.7 Å². The lowest BCUT2D eigenvalue weighted by Crippen LogP contribution is -2.08. The number of carbonyl (C=O) groups excluding carboxylic acids is 1. The van der Waals surface area contributed by atoms with Crippen LogP contribution in [0.1, 0.15) is 34.3 Å². The Bertz CT molecular complexity index is 841. The van der Waals surface area contributed by atoms with E-state index in [0.717, 1.165) is 16.5 Å². The monoisotopic (exact) mass is 274 g/mol. The number of nitrogens with one attached hydrogen (secondary N) is 1. The first-order valence-electron chi connectivity index (χ1n) is 6.81. The highest BCUT2D eigenvalue weighted by molar-refractivity contribution is 6.10. The molecular weight excluding hydrogens is 260 g/mol. The van der Waals surface area contributed by atoms with Gasteiger partial charge < -0.3 is 4.98 Å². The molecule has 1 unspecified atom stereocenters. The molecular formula is C18H14N2O. The molecule has 1 atom stereocenters. The van der Waals surface area contributed by atoms with Gasteiger partial charge in [0.15, 0.2) is 5.78 Å². The highest BCUT2D eigenvalue weighted by atomic mass is 16.1. The molecule has 0 aliphatic rings. The standard InChI is InChI=1S/C18H14N2O/c1-12(14-5-3-2-4-6-14)18(21)16-11-20-17-9-13(10-19)7-8-15(16)17/h2-9,11-12,20H,1H3. The number of nitrogens with zero attached hydrogens (tertiary/aromatic N) is 1. The van der Waals surface area contributed by atoms with Gasteiger partial charge in [0.1, 0.15) is 0 Å². The molecule has 3 heteroatoms. The van der Waals surface area contributed by atoms with Crippen molar-refractivity contribution in [2.75, 3.05) is 0 Å². The molecule has 0 fully saturated rings. The Hall–Kier alpha value is -2.86. The van der Waals surface area contributed by atoms with Crippen LogP contribution in [0.25, 0.3) is 10.9 Å². The first kappa shape index (κ1) is 13.1. The van der Waals surface area contributed by atoms with Crippen molar-refractivity contribution in [3.8, 4) is 6.07 Å². The normalized spacial score (nSPS) is 12.0. The quantitative estimate of drug-likeness (QED) is 0.733. The Balaban J connectivity index is 2.01. The molecule has 0 spiro atoms. The predicted molar refractivity (Wildman–Crippen MR) is 82.2 cm³/mol. The van der Waals surface area contributed by atoms with Gasteiger partial charge in [0.05, 0.1) is 11.6 Å². The maximum Gasteiger partial charge on any atom is 0.172 e. The summed E-state index contributed by atoms with van der Waals surface area (Å²) >= 11 is 0. The zero-order chi connectivity index (χ0) is 14.8. The fraction of sp³-hybridized carbons (Fsp3) is 0.111. The van der Waals surface area contributed by atoms with E-state index in [9.17, 15) is 4.79 Å². The minimum Gasteiger partial charge on any atom is -0.360 e. The third-order valence-electron chi connectivity index (χ3n) is 3.77. The molecule has 1 heterocycles. The molecule has 0 bridgehead atoms. The minimum atomic E-state index is -0.194. The fourth-order valence-electron chi connectivity index (χ4n) is 2.53. The van der Waals surface area contributed by atoms with E-state index in [-0.39, 0.29) is 11.7 Å². The number of hydrogen-bond donors (Lipinski definition) is 1. The minimum absolute atomic E-state index is 0.0807. The number of rotatable bonds is 3. The lowest BCUT2D eigenvalue weighted by atomic mass is 9.92. The molecule has 0 aliphatic carbocycles. The second-order valence-electron chi connectivity index (χ2n) is 5.07. The molecule has 3 aromatic rings. The van der Waals surface area contributed by atoms with Gasteiger partial charge in [0.25, 0.3) is 0 Å². The van der Waals surface area contributed by atoms with Gasteiger partial charge in [-0.25, -0.2) is 0 Å². The molecule has 2 aromatic carbocycles. The number of fused-ring (bicyclic) bond motifs is 1. The molecule has 0 amide bonds. The zero-order valence-electron chi connectivity index (χ0n) is 11.6. The van der Waals surface area contributed by atoms with Gasteiger partial charge in [-0.3, -0.25) is 4.79 Å². The van der Waals surface area contributed by atoms with E-state index in [1.165, 1.54) is 0 Å². The van der Waals surface area contributed by atoms with Crippen molar-refractivity contribution in [2.24, 2.45) is 0 Å². The van der Waals surface area contributed by atoms with Crippen LogP contribution in [0, 0.1) is 11.3 Å². The zero-order valence-corrected chi connectivity index (χ0v) is 11.6. The van der Waals surface area contributed by atoms with E-state index in [1.54, 1.807) is 18.3 Å². The number of H-pyrrole nitrogens is 1. The van der Waals surface area contributed by atoms with Gasteiger partial charge >= 0.3 is 0 Å². The van der Waals surface area contributed by atoms with Crippen molar-refractivity contribution in [3.63, 3.8) is 0 Å². The van der Waals surface area contributed by atoms with E-state index in [1.807, 2.05) is 43.3 Å². The average Bonchev–Trinajstić information content (AvgIpc) is 2.97. The Morgan fingerprint density at radius 3 is 2.67 bits per heavy atom. The van der Waals surface area contributed by atoms with Crippen molar-refractivity contribution in [3.05, 3.63) is 71.4 Å². The van der Waals surface area contributed by atoms with Gasteiger partial charge in [-0.1, -0.05) is 43.3 Å². The second kappa shape index (κ2) is 5.26. The number of Topliss-reactive ketones (excluding diaryl/α,β-unsaturated/α-hetero) is 1. The fourth-order valence-corrected chi connectivity index (χ4v) is 2.53. The molecule has 0 saturated heterocycles. The molecule has 0 aliphatic heterocycles. The summed E-state index contributed by atoms with van der Waals surface area (Å²) in [6.07, 6.45) is 1.73. The van der Waals surface area contributed by atoms with E-state index in [2.05, 4.69) is 11.1 Å². The second-order valence-corrected chi connectivity index (χ2v) is 5.07. The number of hydrogen-bond acceptors (Lipinski definition) is 2. The Morgan fingerprint density at radius 1 is 1.19 bits per heavy atom. The first-order chi connectivity index (χ1) is 10.2. The molecule has 0 radical (unpaired) electrons. The third-order valence-corrected chi connectivity index (χ3v) is 3.77. The Kier molecular flexibility index (Phi) is 3.29. The summed E-state index contributed by atoms with van der Waals surface area (Å²) in [5.41, 5.74) is 3.08. The summed E-state index contributed by atoms with van der Waals surface area (Å²) < 4.78 is 0. The summed E-state index contributed by atoms with van der Waals surface area (Å²) in [6, 6.07) is 17.2. The molecule has 1 aromatic heterocycles. The Labute approximate surface area is 122 Å². The van der Waals surface area contributed by atoms with E-state index in [0.29, 0.717) is 11.1 Å². The van der Waals surface area contributed by atoms with E-state index < -0.39 is 0 Å². The van der Waals surface area contributed by atoms with Crippen molar-refractivity contribution in [1.82, 2.24) is 4.98 Å². The molecule has 102 valence electrons. The van der Waals surface area contributed by atoms with Crippen molar-refractivity contribution in [2.45, 2.75) is 12.8 Å². The number of aromatic nitrogens is 1. The summed E-state index contributed by atoms with van der Waals surface area (Å²) in [7, 11) is 0. The molecule has 3 nitrogen and oxygen atoms in total. The van der Waals surface area contributed by atoms with Crippen LogP contribution in [0.2, 0.25) is 0 Å². The molecule has 3 rings (SSSR count). The SMILES string of the molecule is CC(C(=O)c1c[nH]c2cc(C#N)ccc12)c1ccccc1. The number of aromatic amines is 1. The van der Waals surface area contributed by atoms with Gasteiger partial charge in [0.2, 0.25) is 0 Å². The van der Waals surface area contributed by atoms with Crippen LogP contribution in [0.3, 0.4) is 0 Å². The van der Waals surface area contributed by atoms with Gasteiger partial charge in [-0.05, 0) is 17.7 Å². The highest BCUT2D eigenvalue weighted by Crippen LogP contribution is 2.26. The summed E-state index contributed by atoms with van der Waals surface area (Å²) in [5, 5.41) is 9.78. The predicted octanol–water partition coefficient (Wildman–Crippen LogP) is 4.03. The van der Waals surface area contributed by atoms with Crippen LogP contribution < -0.4 is 0 Å². The van der Waals surface area contributed by atoms with Crippen molar-refractivity contribution < 1.29 is 4.79 Å². The van der Waals surface area contributed by atoms with Crippen LogP contribution in [-0.4, -0.2) is 10.8 Å². The highest BCUT2D eigenvalue weighted by Gasteiger charge is 2.20. The van der Waals surface area contributed by atoms with Gasteiger partial charge in [-0.2, -0.15) is 5.26 Å². The number of benzene rings is 2. The van der Waals surface area contributed by atoms with Crippen LogP contribution in [0.4, 0.5) is 0 Å². The largest absolute Gasteiger partial charge is 0.360 e. The van der Waals surface area contributed by atoms with Gasteiger partial charge in [0, 0.05) is 28.6 Å². The average molecular weight is 274 g/mol. The third kappa shape index (κ3) is 2.32. The van der Waals surface area contributed by atoms with Crippen LogP contribution in [0.5, 0.6) is 0 Å². The first-order valence-corrected chi connectivity index (χ1v) is 6.81. The lowest BCUT2D eigenvalue weighted by molar-refractivity contribution is 0.0968.